The molecule has 1 aromatic carbocycles. The Bertz CT molecular complexity index is 1540. The number of benzene rings is 1. The number of esters is 2. The molecule has 0 amide bonds. The maximum Gasteiger partial charge on any atom is 0.354 e. The van der Waals surface area contributed by atoms with Gasteiger partial charge in [0.05, 0.1) is 41.5 Å². The largest absolute Gasteiger partial charge is 0.466 e. The number of allylic oxidation sites excluding steroid dienone is 1. The number of aromatic nitrogens is 3. The number of rotatable bonds is 12. The van der Waals surface area contributed by atoms with Crippen molar-refractivity contribution in [3.8, 4) is 11.1 Å². The van der Waals surface area contributed by atoms with Crippen molar-refractivity contribution in [2.45, 2.75) is 51.3 Å². The summed E-state index contributed by atoms with van der Waals surface area (Å²) in [4.78, 5) is 28.5. The van der Waals surface area contributed by atoms with Crippen molar-refractivity contribution in [2.75, 3.05) is 32.4 Å². The minimum atomic E-state index is -0.430. The molecule has 42 heavy (non-hydrogen) atoms. The lowest BCUT2D eigenvalue weighted by Gasteiger charge is -2.16. The summed E-state index contributed by atoms with van der Waals surface area (Å²) in [5.74, 6) is 0.762. The first kappa shape index (κ1) is 32.0. The summed E-state index contributed by atoms with van der Waals surface area (Å²) in [5, 5.41) is 6.53. The van der Waals surface area contributed by atoms with Gasteiger partial charge in [-0.1, -0.05) is 17.7 Å². The van der Waals surface area contributed by atoms with Gasteiger partial charge in [-0.3, -0.25) is 14.5 Å². The Morgan fingerprint density at radius 2 is 2.05 bits per heavy atom. The Morgan fingerprint density at radius 3 is 2.74 bits per heavy atom. The van der Waals surface area contributed by atoms with E-state index in [1.165, 1.54) is 14.0 Å². The van der Waals surface area contributed by atoms with Crippen molar-refractivity contribution in [1.29, 1.82) is 0 Å². The molecule has 0 radical (unpaired) electrons. The number of nitrogens with zero attached hydrogens (tertiary/aromatic N) is 4. The minimum absolute atomic E-state index is 0.263. The highest BCUT2D eigenvalue weighted by atomic mass is 35.5. The molecule has 3 aromatic rings. The van der Waals surface area contributed by atoms with Crippen molar-refractivity contribution in [2.24, 2.45) is 17.8 Å². The molecule has 2 N–H and O–H groups in total. The normalized spacial score (nSPS) is 13.9. The van der Waals surface area contributed by atoms with E-state index in [1.807, 2.05) is 29.8 Å². The molecule has 0 saturated carbocycles. The number of alkyl halides is 1. The monoisotopic (exact) mass is 633 g/mol. The van der Waals surface area contributed by atoms with Crippen LogP contribution in [-0.4, -0.2) is 64.4 Å². The summed E-state index contributed by atoms with van der Waals surface area (Å²) in [7, 11) is 4.94. The van der Waals surface area contributed by atoms with Crippen LogP contribution in [0.25, 0.3) is 22.0 Å². The lowest BCUT2D eigenvalue weighted by molar-refractivity contribution is -0.141. The molecule has 226 valence electrons. The van der Waals surface area contributed by atoms with Gasteiger partial charge in [-0.25, -0.2) is 4.79 Å². The Labute approximate surface area is 260 Å². The van der Waals surface area contributed by atoms with Gasteiger partial charge in [0.2, 0.25) is 0 Å². The van der Waals surface area contributed by atoms with Gasteiger partial charge in [-0.2, -0.15) is 5.10 Å². The molecule has 9 nitrogen and oxygen atoms in total. The third-order valence-electron chi connectivity index (χ3n) is 7.36. The molecule has 0 atom stereocenters. The van der Waals surface area contributed by atoms with E-state index in [4.69, 9.17) is 43.5 Å². The first-order valence-corrected chi connectivity index (χ1v) is 15.9. The lowest BCUT2D eigenvalue weighted by atomic mass is 9.95. The third kappa shape index (κ3) is 6.82. The van der Waals surface area contributed by atoms with Crippen LogP contribution in [0.3, 0.4) is 0 Å². The Balaban J connectivity index is 1.81. The molecule has 1 aliphatic rings. The van der Waals surface area contributed by atoms with Gasteiger partial charge in [0.1, 0.15) is 5.69 Å². The second kappa shape index (κ2) is 14.5. The van der Waals surface area contributed by atoms with Crippen molar-refractivity contribution in [3.63, 3.8) is 0 Å². The van der Waals surface area contributed by atoms with Crippen LogP contribution in [-0.2, 0) is 46.5 Å². The van der Waals surface area contributed by atoms with Gasteiger partial charge < -0.3 is 19.8 Å². The molecular weight excluding hydrogens is 597 g/mol. The van der Waals surface area contributed by atoms with E-state index < -0.39 is 5.97 Å². The van der Waals surface area contributed by atoms with E-state index in [9.17, 15) is 9.59 Å². The average Bonchev–Trinajstić information content (AvgIpc) is 3.48. The minimum Gasteiger partial charge on any atom is -0.466 e. The summed E-state index contributed by atoms with van der Waals surface area (Å²) in [6.45, 7) is 2.49. The van der Waals surface area contributed by atoms with E-state index in [-0.39, 0.29) is 12.6 Å². The van der Waals surface area contributed by atoms with E-state index in [0.29, 0.717) is 46.6 Å². The molecule has 0 unspecified atom stereocenters. The number of fused-ring (bicyclic) bond motifs is 2. The van der Waals surface area contributed by atoms with Crippen molar-refractivity contribution in [3.05, 3.63) is 51.6 Å². The van der Waals surface area contributed by atoms with E-state index >= 15 is 0 Å². The summed E-state index contributed by atoms with van der Waals surface area (Å²) < 4.78 is 14.3. The molecule has 3 heterocycles. The molecule has 1 aliphatic heterocycles. The highest BCUT2D eigenvalue weighted by molar-refractivity contribution is 7.98. The van der Waals surface area contributed by atoms with Crippen LogP contribution in [0, 0.1) is 0 Å². The average molecular weight is 635 g/mol. The fourth-order valence-corrected chi connectivity index (χ4v) is 6.79. The first-order chi connectivity index (χ1) is 20.2. The second-order valence-corrected chi connectivity index (χ2v) is 11.8. The molecule has 2 aromatic heterocycles. The Kier molecular flexibility index (Phi) is 11.0. The van der Waals surface area contributed by atoms with Crippen LogP contribution in [0.15, 0.2) is 28.9 Å². The number of methoxy groups -OCH3 is 1. The van der Waals surface area contributed by atoms with E-state index in [2.05, 4.69) is 9.67 Å². The SMILES string of the molecule is CN=C(C=C(N)CSCc1nn2c(c1-c1c(Cl)ccc3c(CCCOC(C)=O)c(C(=O)OC)n(C)c13)CCCC2)CCl. The number of ether oxygens (including phenoxy) is 2. The molecule has 4 rings (SSSR count). The van der Waals surface area contributed by atoms with E-state index in [1.54, 1.807) is 18.8 Å². The zero-order valence-electron chi connectivity index (χ0n) is 24.5. The number of aryl methyl sites for hydroxylation is 3. The third-order valence-corrected chi connectivity index (χ3v) is 8.97. The first-order valence-electron chi connectivity index (χ1n) is 13.9. The quantitative estimate of drug-likeness (QED) is 0.118. The fraction of sp³-hybridized carbons (Fsp3) is 0.467. The van der Waals surface area contributed by atoms with Crippen molar-refractivity contribution in [1.82, 2.24) is 14.3 Å². The Morgan fingerprint density at radius 1 is 1.26 bits per heavy atom. The van der Waals surface area contributed by atoms with Gasteiger partial charge in [0, 0.05) is 67.0 Å². The molecule has 0 aliphatic carbocycles. The van der Waals surface area contributed by atoms with Gasteiger partial charge >= 0.3 is 11.9 Å². The number of carbonyl (C=O) groups excluding carboxylic acids is 2. The molecule has 0 spiro atoms. The lowest BCUT2D eigenvalue weighted by Crippen LogP contribution is -2.12. The number of halogens is 2. The molecule has 0 saturated heterocycles. The highest BCUT2D eigenvalue weighted by Crippen LogP contribution is 2.43. The fourth-order valence-electron chi connectivity index (χ4n) is 5.53. The number of aliphatic imine (C=N–C) groups is 1. The van der Waals surface area contributed by atoms with Gasteiger partial charge in [-0.05, 0) is 49.8 Å². The Hall–Kier alpha value is -2.95. The van der Waals surface area contributed by atoms with Crippen LogP contribution in [0.5, 0.6) is 0 Å². The summed E-state index contributed by atoms with van der Waals surface area (Å²) >= 11 is 14.6. The van der Waals surface area contributed by atoms with Gasteiger partial charge in [-0.15, -0.1) is 23.4 Å². The maximum absolute atomic E-state index is 13.1. The zero-order valence-corrected chi connectivity index (χ0v) is 26.8. The predicted octanol–water partition coefficient (Wildman–Crippen LogP) is 5.70. The van der Waals surface area contributed by atoms with Crippen LogP contribution in [0.1, 0.15) is 53.6 Å². The highest BCUT2D eigenvalue weighted by Gasteiger charge is 2.29. The second-order valence-electron chi connectivity index (χ2n) is 10.1. The predicted molar refractivity (Wildman–Crippen MR) is 171 cm³/mol. The van der Waals surface area contributed by atoms with Crippen LogP contribution >= 0.6 is 35.0 Å². The van der Waals surface area contributed by atoms with Gasteiger partial charge in [0.25, 0.3) is 0 Å². The van der Waals surface area contributed by atoms with Gasteiger partial charge in [0.15, 0.2) is 0 Å². The number of carbonyl (C=O) groups is 2. The van der Waals surface area contributed by atoms with Crippen molar-refractivity contribution >= 4 is 63.5 Å². The molecule has 12 heteroatoms. The number of hydrogen-bond acceptors (Lipinski definition) is 8. The number of nitrogens with two attached hydrogens (primary N) is 1. The zero-order chi connectivity index (χ0) is 30.4. The van der Waals surface area contributed by atoms with Crippen LogP contribution in [0.2, 0.25) is 5.02 Å². The maximum atomic E-state index is 13.1. The smallest absolute Gasteiger partial charge is 0.354 e. The topological polar surface area (TPSA) is 114 Å². The van der Waals surface area contributed by atoms with Crippen molar-refractivity contribution < 1.29 is 19.1 Å². The molecule has 0 fully saturated rings. The summed E-state index contributed by atoms with van der Waals surface area (Å²) in [5.41, 5.74) is 13.8. The summed E-state index contributed by atoms with van der Waals surface area (Å²) in [6, 6.07) is 3.84. The number of hydrogen-bond donors (Lipinski definition) is 1. The summed E-state index contributed by atoms with van der Waals surface area (Å²) in [6.07, 6.45) is 5.93. The number of thioether (sulfide) groups is 1. The molecule has 0 bridgehead atoms. The van der Waals surface area contributed by atoms with E-state index in [0.717, 1.165) is 70.5 Å². The van der Waals surface area contributed by atoms with Crippen LogP contribution in [0.4, 0.5) is 0 Å². The molecular formula is C30H37Cl2N5O4S. The van der Waals surface area contributed by atoms with Crippen LogP contribution < -0.4 is 5.73 Å². The standard InChI is InChI=1S/C30H37Cl2N5O4S/c1-18(38)41-13-7-8-21-22-10-11-23(32)26(28(22)36(3)29(21)30(39)40-4)27-24(35-37-12-6-5-9-25(27)37)17-42-16-19(33)14-20(15-31)34-2/h10-11,14H,5-9,12-13,15-17,33H2,1-4H3.